The molecular weight excluding hydrogens is 469 g/mol. The van der Waals surface area contributed by atoms with E-state index in [4.69, 9.17) is 4.74 Å². The highest BCUT2D eigenvalue weighted by atomic mass is 32.1. The summed E-state index contributed by atoms with van der Waals surface area (Å²) in [6, 6.07) is 16.8. The number of ether oxygens (including phenoxy) is 1. The third kappa shape index (κ3) is 5.49. The summed E-state index contributed by atoms with van der Waals surface area (Å²) in [5.74, 6) is -1.73. The Kier molecular flexibility index (Phi) is 6.73. The lowest BCUT2D eigenvalue weighted by Crippen LogP contribution is -2.28. The highest BCUT2D eigenvalue weighted by Gasteiger charge is 2.31. The van der Waals surface area contributed by atoms with Crippen LogP contribution >= 0.6 is 11.3 Å². The summed E-state index contributed by atoms with van der Waals surface area (Å²) in [4.78, 5) is 29.6. The summed E-state index contributed by atoms with van der Waals surface area (Å²) >= 11 is 1.47. The smallest absolute Gasteiger partial charge is 0.416 e. The van der Waals surface area contributed by atoms with Crippen LogP contribution in [0.5, 0.6) is 0 Å². The molecule has 1 amide bonds. The van der Waals surface area contributed by atoms with Gasteiger partial charge in [-0.15, -0.1) is 16.4 Å². The van der Waals surface area contributed by atoms with E-state index in [2.05, 4.69) is 15.4 Å². The minimum absolute atomic E-state index is 0.0638. The van der Waals surface area contributed by atoms with Gasteiger partial charge in [-0.25, -0.2) is 14.5 Å². The van der Waals surface area contributed by atoms with E-state index in [-0.39, 0.29) is 17.3 Å². The lowest BCUT2D eigenvalue weighted by Gasteiger charge is -2.10. The molecule has 4 aromatic rings. The molecule has 2 aromatic carbocycles. The van der Waals surface area contributed by atoms with E-state index >= 15 is 0 Å². The Labute approximate surface area is 195 Å². The highest BCUT2D eigenvalue weighted by Crippen LogP contribution is 2.31. The topological polar surface area (TPSA) is 86.1 Å². The van der Waals surface area contributed by atoms with E-state index < -0.39 is 30.2 Å². The van der Waals surface area contributed by atoms with Gasteiger partial charge in [-0.2, -0.15) is 13.2 Å². The van der Waals surface area contributed by atoms with Crippen molar-refractivity contribution in [1.29, 1.82) is 0 Å². The van der Waals surface area contributed by atoms with E-state index in [9.17, 15) is 22.8 Å². The molecule has 0 aliphatic rings. The maximum absolute atomic E-state index is 13.2. The molecule has 0 unspecified atom stereocenters. The molecule has 0 radical (unpaired) electrons. The van der Waals surface area contributed by atoms with Crippen LogP contribution in [0.15, 0.2) is 72.1 Å². The zero-order chi connectivity index (χ0) is 24.1. The first kappa shape index (κ1) is 23.2. The minimum Gasteiger partial charge on any atom is -0.450 e. The standard InChI is InChI=1S/C23H17F3N4O3S/c24-23(25,26)16-8-4-9-17(12-16)30-21(15-6-2-1-3-7-15)28-20(29-30)22(32)33-14-19(31)27-13-18-10-5-11-34-18/h1-12H,13-14H2,(H,27,31). The number of esters is 1. The van der Waals surface area contributed by atoms with Crippen LogP contribution in [0.2, 0.25) is 0 Å². The summed E-state index contributed by atoms with van der Waals surface area (Å²) in [6.45, 7) is -0.252. The van der Waals surface area contributed by atoms with Gasteiger partial charge in [-0.3, -0.25) is 4.79 Å². The van der Waals surface area contributed by atoms with E-state index in [1.165, 1.54) is 23.5 Å². The van der Waals surface area contributed by atoms with Crippen LogP contribution in [0.1, 0.15) is 21.1 Å². The Bertz CT molecular complexity index is 1290. The molecule has 0 atom stereocenters. The fourth-order valence-corrected chi connectivity index (χ4v) is 3.66. The highest BCUT2D eigenvalue weighted by molar-refractivity contribution is 7.09. The van der Waals surface area contributed by atoms with E-state index in [0.717, 1.165) is 21.7 Å². The average molecular weight is 486 g/mol. The summed E-state index contributed by atoms with van der Waals surface area (Å²) in [5, 5.41) is 8.57. The van der Waals surface area contributed by atoms with Crippen LogP contribution in [0.3, 0.4) is 0 Å². The van der Waals surface area contributed by atoms with Crippen molar-refractivity contribution in [2.24, 2.45) is 0 Å². The lowest BCUT2D eigenvalue weighted by molar-refractivity contribution is -0.137. The molecule has 0 aliphatic carbocycles. The maximum atomic E-state index is 13.2. The summed E-state index contributed by atoms with van der Waals surface area (Å²) in [7, 11) is 0. The van der Waals surface area contributed by atoms with Gasteiger partial charge in [0.15, 0.2) is 12.4 Å². The van der Waals surface area contributed by atoms with Gasteiger partial charge in [0.1, 0.15) is 0 Å². The predicted octanol–water partition coefficient (Wildman–Crippen LogP) is 4.49. The van der Waals surface area contributed by atoms with Gasteiger partial charge in [-0.1, -0.05) is 42.5 Å². The number of benzene rings is 2. The van der Waals surface area contributed by atoms with Crippen molar-refractivity contribution in [3.8, 4) is 17.1 Å². The number of hydrogen-bond acceptors (Lipinski definition) is 6. The number of carbonyl (C=O) groups excluding carboxylic acids is 2. The quantitative estimate of drug-likeness (QED) is 0.389. The normalized spacial score (nSPS) is 11.3. The van der Waals surface area contributed by atoms with Crippen molar-refractivity contribution in [3.63, 3.8) is 0 Å². The van der Waals surface area contributed by atoms with Crippen molar-refractivity contribution in [1.82, 2.24) is 20.1 Å². The van der Waals surface area contributed by atoms with Crippen LogP contribution in [0.4, 0.5) is 13.2 Å². The van der Waals surface area contributed by atoms with Crippen LogP contribution in [-0.4, -0.2) is 33.2 Å². The Balaban J connectivity index is 1.56. The number of halogens is 3. The lowest BCUT2D eigenvalue weighted by atomic mass is 10.2. The molecule has 174 valence electrons. The van der Waals surface area contributed by atoms with Crippen LogP contribution < -0.4 is 5.32 Å². The second-order valence-electron chi connectivity index (χ2n) is 7.02. The Hall–Kier alpha value is -3.99. The fraction of sp³-hybridized carbons (Fsp3) is 0.130. The molecule has 0 spiro atoms. The summed E-state index contributed by atoms with van der Waals surface area (Å²) in [6.07, 6.45) is -4.55. The largest absolute Gasteiger partial charge is 0.450 e. The SMILES string of the molecule is O=C(COC(=O)c1nc(-c2ccccc2)n(-c2cccc(C(F)(F)F)c2)n1)NCc1cccs1. The van der Waals surface area contributed by atoms with E-state index in [1.54, 1.807) is 30.3 Å². The third-order valence-electron chi connectivity index (χ3n) is 4.61. The van der Waals surface area contributed by atoms with E-state index in [0.29, 0.717) is 12.1 Å². The molecule has 2 heterocycles. The predicted molar refractivity (Wildman–Crippen MR) is 118 cm³/mol. The van der Waals surface area contributed by atoms with Crippen LogP contribution in [0.25, 0.3) is 17.1 Å². The van der Waals surface area contributed by atoms with Crippen LogP contribution in [-0.2, 0) is 22.3 Å². The molecule has 0 saturated heterocycles. The number of alkyl halides is 3. The number of nitrogens with one attached hydrogen (secondary N) is 1. The first-order valence-electron chi connectivity index (χ1n) is 9.97. The van der Waals surface area contributed by atoms with Gasteiger partial charge in [0.25, 0.3) is 11.7 Å². The van der Waals surface area contributed by atoms with Crippen molar-refractivity contribution in [3.05, 3.63) is 88.4 Å². The molecule has 7 nitrogen and oxygen atoms in total. The van der Waals surface area contributed by atoms with Gasteiger partial charge in [0.2, 0.25) is 0 Å². The summed E-state index contributed by atoms with van der Waals surface area (Å²) in [5.41, 5.74) is -0.278. The monoisotopic (exact) mass is 486 g/mol. The molecule has 2 aromatic heterocycles. The number of rotatable bonds is 7. The van der Waals surface area contributed by atoms with Gasteiger partial charge < -0.3 is 10.1 Å². The summed E-state index contributed by atoms with van der Waals surface area (Å²) < 4.78 is 45.8. The van der Waals surface area contributed by atoms with Gasteiger partial charge in [0.05, 0.1) is 17.8 Å². The van der Waals surface area contributed by atoms with Gasteiger partial charge in [0, 0.05) is 10.4 Å². The molecule has 11 heteroatoms. The molecule has 4 rings (SSSR count). The molecule has 0 saturated carbocycles. The molecule has 0 bridgehead atoms. The van der Waals surface area contributed by atoms with E-state index in [1.807, 2.05) is 17.5 Å². The first-order chi connectivity index (χ1) is 16.3. The van der Waals surface area contributed by atoms with Crippen molar-refractivity contribution < 1.29 is 27.5 Å². The fourth-order valence-electron chi connectivity index (χ4n) is 3.01. The second-order valence-corrected chi connectivity index (χ2v) is 8.05. The first-order valence-corrected chi connectivity index (χ1v) is 10.9. The number of nitrogens with zero attached hydrogens (tertiary/aromatic N) is 3. The number of aromatic nitrogens is 3. The maximum Gasteiger partial charge on any atom is 0.416 e. The van der Waals surface area contributed by atoms with Crippen molar-refractivity contribution in [2.75, 3.05) is 6.61 Å². The molecule has 34 heavy (non-hydrogen) atoms. The second kappa shape index (κ2) is 9.87. The van der Waals surface area contributed by atoms with Gasteiger partial charge >= 0.3 is 12.1 Å². The van der Waals surface area contributed by atoms with Crippen molar-refractivity contribution >= 4 is 23.2 Å². The Morgan fingerprint density at radius 3 is 2.53 bits per heavy atom. The molecule has 0 aliphatic heterocycles. The van der Waals surface area contributed by atoms with Crippen LogP contribution in [0, 0.1) is 0 Å². The zero-order valence-electron chi connectivity index (χ0n) is 17.5. The minimum atomic E-state index is -4.55. The Morgan fingerprint density at radius 2 is 1.82 bits per heavy atom. The molecular formula is C23H17F3N4O3S. The molecule has 0 fully saturated rings. The molecule has 1 N–H and O–H groups in total. The zero-order valence-corrected chi connectivity index (χ0v) is 18.3. The Morgan fingerprint density at radius 1 is 1.03 bits per heavy atom. The van der Waals surface area contributed by atoms with Gasteiger partial charge in [-0.05, 0) is 29.6 Å². The number of carbonyl (C=O) groups is 2. The number of amides is 1. The number of thiophene rings is 1. The number of hydrogen-bond donors (Lipinski definition) is 1. The third-order valence-corrected chi connectivity index (χ3v) is 5.49. The van der Waals surface area contributed by atoms with Crippen molar-refractivity contribution in [2.45, 2.75) is 12.7 Å². The average Bonchev–Trinajstić information content (AvgIpc) is 3.52.